The summed E-state index contributed by atoms with van der Waals surface area (Å²) in [6.07, 6.45) is 0. The number of hydrogen-bond donors (Lipinski definition) is 0. The number of fused-ring (bicyclic) bond motifs is 1. The fourth-order valence-corrected chi connectivity index (χ4v) is 3.09. The monoisotopic (exact) mass is 335 g/mol. The molecule has 0 N–H and O–H groups in total. The molecular weight excluding hydrogens is 324 g/mol. The Kier molecular flexibility index (Phi) is 3.84. The quantitative estimate of drug-likeness (QED) is 0.777. The van der Waals surface area contributed by atoms with E-state index in [1.54, 1.807) is 7.05 Å². The fourth-order valence-electron chi connectivity index (χ4n) is 2.09. The molecule has 0 aliphatic carbocycles. The number of benzene rings is 1. The molecule has 2 aliphatic rings. The number of carbonyl (C=O) groups excluding carboxylic acids is 2. The van der Waals surface area contributed by atoms with Gasteiger partial charge in [0.05, 0.1) is 14.1 Å². The molecule has 6 nitrogen and oxygen atoms in total. The summed E-state index contributed by atoms with van der Waals surface area (Å²) in [7, 11) is 3.00. The topological polar surface area (TPSA) is 65.1 Å². The average Bonchev–Trinajstić information content (AvgIpc) is 2.93. The maximum absolute atomic E-state index is 12.1. The summed E-state index contributed by atoms with van der Waals surface area (Å²) in [6, 6.07) is 7.09. The number of halogens is 1. The fraction of sp³-hybridized carbons (Fsp3) is 0.214. The van der Waals surface area contributed by atoms with Crippen LogP contribution >= 0.6 is 23.4 Å². The van der Waals surface area contributed by atoms with Crippen LogP contribution in [-0.4, -0.2) is 52.2 Å². The average molecular weight is 336 g/mol. The normalized spacial score (nSPS) is 17.7. The van der Waals surface area contributed by atoms with Crippen molar-refractivity contribution in [1.82, 2.24) is 4.90 Å². The number of urea groups is 1. The Labute approximate surface area is 136 Å². The molecule has 22 heavy (non-hydrogen) atoms. The third-order valence-corrected chi connectivity index (χ3v) is 4.43. The first-order valence-corrected chi connectivity index (χ1v) is 7.81. The van der Waals surface area contributed by atoms with Crippen molar-refractivity contribution in [3.63, 3.8) is 0 Å². The summed E-state index contributed by atoms with van der Waals surface area (Å²) in [5, 5.41) is 1.14. The Bertz CT molecular complexity index is 785. The predicted octanol–water partition coefficient (Wildman–Crippen LogP) is 2.02. The zero-order valence-electron chi connectivity index (χ0n) is 11.9. The van der Waals surface area contributed by atoms with E-state index in [-0.39, 0.29) is 5.71 Å². The third-order valence-electron chi connectivity index (χ3n) is 3.28. The molecular formula is C14H12ClN4O2S+. The van der Waals surface area contributed by atoms with E-state index in [4.69, 9.17) is 11.6 Å². The van der Waals surface area contributed by atoms with E-state index in [9.17, 15) is 9.59 Å². The molecule has 0 saturated heterocycles. The van der Waals surface area contributed by atoms with Gasteiger partial charge in [-0.3, -0.25) is 0 Å². The van der Waals surface area contributed by atoms with Gasteiger partial charge < -0.3 is 0 Å². The zero-order valence-corrected chi connectivity index (χ0v) is 13.5. The van der Waals surface area contributed by atoms with Gasteiger partial charge in [-0.25, -0.2) is 9.59 Å². The molecule has 1 aromatic rings. The van der Waals surface area contributed by atoms with Crippen LogP contribution in [0.15, 0.2) is 34.3 Å². The van der Waals surface area contributed by atoms with Crippen LogP contribution in [0, 0.1) is 0 Å². The molecule has 0 atom stereocenters. The molecule has 112 valence electrons. The maximum Gasteiger partial charge on any atom is 0.446 e. The van der Waals surface area contributed by atoms with Crippen molar-refractivity contribution >= 4 is 52.0 Å². The SMILES string of the molecule is CN1C(=O)C2=NC(SCc3cccc(Cl)c3)=NC2=[N+](C)C1=O. The van der Waals surface area contributed by atoms with Gasteiger partial charge in [-0.05, 0) is 17.7 Å². The first-order valence-electron chi connectivity index (χ1n) is 6.45. The lowest BCUT2D eigenvalue weighted by molar-refractivity contribution is -0.401. The molecule has 0 bridgehead atoms. The van der Waals surface area contributed by atoms with Gasteiger partial charge in [-0.1, -0.05) is 40.5 Å². The van der Waals surface area contributed by atoms with Crippen LogP contribution < -0.4 is 0 Å². The number of amidine groups is 2. The molecule has 0 spiro atoms. The number of rotatable bonds is 2. The van der Waals surface area contributed by atoms with Crippen LogP contribution in [0.25, 0.3) is 0 Å². The van der Waals surface area contributed by atoms with E-state index in [1.807, 2.05) is 24.3 Å². The van der Waals surface area contributed by atoms with Gasteiger partial charge in [0.15, 0.2) is 0 Å². The summed E-state index contributed by atoms with van der Waals surface area (Å²) >= 11 is 7.34. The summed E-state index contributed by atoms with van der Waals surface area (Å²) in [4.78, 5) is 33.5. The van der Waals surface area contributed by atoms with Gasteiger partial charge in [-0.2, -0.15) is 14.5 Å². The molecule has 8 heteroatoms. The molecule has 0 fully saturated rings. The van der Waals surface area contributed by atoms with Gasteiger partial charge >= 0.3 is 17.8 Å². The van der Waals surface area contributed by atoms with Crippen molar-refractivity contribution in [1.29, 1.82) is 0 Å². The van der Waals surface area contributed by atoms with E-state index < -0.39 is 11.9 Å². The molecule has 0 aromatic heterocycles. The molecule has 3 amide bonds. The first-order chi connectivity index (χ1) is 10.5. The van der Waals surface area contributed by atoms with E-state index in [2.05, 4.69) is 9.98 Å². The van der Waals surface area contributed by atoms with Crippen molar-refractivity contribution in [3.8, 4) is 0 Å². The lowest BCUT2D eigenvalue weighted by Gasteiger charge is -2.15. The van der Waals surface area contributed by atoms with Crippen LogP contribution in [-0.2, 0) is 10.5 Å². The minimum Gasteiger partial charge on any atom is -0.248 e. The summed E-state index contributed by atoms with van der Waals surface area (Å²) < 4.78 is 1.33. The second-order valence-electron chi connectivity index (χ2n) is 4.80. The Morgan fingerprint density at radius 2 is 2.09 bits per heavy atom. The van der Waals surface area contributed by atoms with Crippen molar-refractivity contribution in [2.24, 2.45) is 9.98 Å². The highest BCUT2D eigenvalue weighted by Crippen LogP contribution is 2.21. The number of nitrogens with zero attached hydrogens (tertiary/aromatic N) is 4. The van der Waals surface area contributed by atoms with E-state index in [0.717, 1.165) is 10.5 Å². The van der Waals surface area contributed by atoms with E-state index in [0.29, 0.717) is 21.8 Å². The Morgan fingerprint density at radius 1 is 1.32 bits per heavy atom. The van der Waals surface area contributed by atoms with Crippen LogP contribution in [0.4, 0.5) is 4.79 Å². The van der Waals surface area contributed by atoms with Gasteiger partial charge in [-0.15, -0.1) is 0 Å². The molecule has 0 unspecified atom stereocenters. The van der Waals surface area contributed by atoms with Crippen LogP contribution in [0.2, 0.25) is 5.02 Å². The van der Waals surface area contributed by atoms with Crippen LogP contribution in [0.1, 0.15) is 5.56 Å². The van der Waals surface area contributed by atoms with Gasteiger partial charge in [0.25, 0.3) is 5.17 Å². The van der Waals surface area contributed by atoms with E-state index >= 15 is 0 Å². The second-order valence-corrected chi connectivity index (χ2v) is 6.18. The second kappa shape index (κ2) is 5.66. The highest BCUT2D eigenvalue weighted by Gasteiger charge is 2.44. The number of amides is 3. The molecule has 0 radical (unpaired) electrons. The minimum absolute atomic E-state index is 0.207. The highest BCUT2D eigenvalue weighted by molar-refractivity contribution is 8.13. The lowest BCUT2D eigenvalue weighted by Crippen LogP contribution is -2.51. The number of thioether (sulfide) groups is 1. The zero-order chi connectivity index (χ0) is 15.9. The molecule has 0 saturated carbocycles. The van der Waals surface area contributed by atoms with Gasteiger partial charge in [0.1, 0.15) is 0 Å². The standard InChI is InChI=1S/C14H12ClN4O2S/c1-18-11-10(12(20)19(2)14(18)21)16-13(17-11)22-7-8-4-3-5-9(15)6-8/h3-6H,7H2,1-2H3/q+1. The summed E-state index contributed by atoms with van der Waals surface area (Å²) in [6.45, 7) is 0. The molecule has 1 aromatic carbocycles. The van der Waals surface area contributed by atoms with Crippen molar-refractivity contribution in [3.05, 3.63) is 34.9 Å². The Balaban J connectivity index is 1.82. The van der Waals surface area contributed by atoms with E-state index in [1.165, 1.54) is 23.4 Å². The smallest absolute Gasteiger partial charge is 0.248 e. The van der Waals surface area contributed by atoms with Crippen molar-refractivity contribution in [2.45, 2.75) is 5.75 Å². The van der Waals surface area contributed by atoms with Crippen LogP contribution in [0.3, 0.4) is 0 Å². The first kappa shape index (κ1) is 14.9. The van der Waals surface area contributed by atoms with Gasteiger partial charge in [0.2, 0.25) is 5.71 Å². The predicted molar refractivity (Wildman–Crippen MR) is 87.0 cm³/mol. The Morgan fingerprint density at radius 3 is 2.82 bits per heavy atom. The highest BCUT2D eigenvalue weighted by atomic mass is 35.5. The summed E-state index contributed by atoms with van der Waals surface area (Å²) in [5.74, 6) is 0.507. The van der Waals surface area contributed by atoms with Crippen molar-refractivity contribution < 1.29 is 14.2 Å². The maximum atomic E-state index is 12.1. The summed E-state index contributed by atoms with van der Waals surface area (Å²) in [5.41, 5.74) is 1.24. The van der Waals surface area contributed by atoms with Gasteiger partial charge in [0, 0.05) is 10.8 Å². The number of aliphatic imine (C=N–C) groups is 2. The molecule has 2 heterocycles. The number of carbonyl (C=O) groups is 2. The van der Waals surface area contributed by atoms with Crippen LogP contribution in [0.5, 0.6) is 0 Å². The number of hydrogen-bond acceptors (Lipinski definition) is 5. The minimum atomic E-state index is -0.430. The Hall–Kier alpha value is -1.99. The third kappa shape index (κ3) is 2.57. The molecule has 2 aliphatic heterocycles. The lowest BCUT2D eigenvalue weighted by atomic mass is 10.2. The number of imide groups is 1. The largest absolute Gasteiger partial charge is 0.446 e. The molecule has 3 rings (SSSR count). The van der Waals surface area contributed by atoms with Crippen molar-refractivity contribution in [2.75, 3.05) is 14.1 Å².